The Morgan fingerprint density at radius 1 is 1.42 bits per heavy atom. The van der Waals surface area contributed by atoms with Gasteiger partial charge in [0.1, 0.15) is 5.82 Å². The Labute approximate surface area is 110 Å². The summed E-state index contributed by atoms with van der Waals surface area (Å²) in [7, 11) is 0. The molecule has 1 heterocycles. The van der Waals surface area contributed by atoms with Gasteiger partial charge in [-0.2, -0.15) is 0 Å². The molecule has 100 valence electrons. The number of rotatable bonds is 4. The Kier molecular flexibility index (Phi) is 3.94. The van der Waals surface area contributed by atoms with Gasteiger partial charge in [-0.15, -0.1) is 0 Å². The molecule has 1 amide bonds. The number of nitrogens with zero attached hydrogens (tertiary/aromatic N) is 1. The molecular weight excluding hydrogens is 247 g/mol. The van der Waals surface area contributed by atoms with Crippen molar-refractivity contribution < 1.29 is 13.7 Å². The summed E-state index contributed by atoms with van der Waals surface area (Å²) in [5.41, 5.74) is 0.899. The van der Waals surface area contributed by atoms with Crippen molar-refractivity contribution >= 4 is 5.91 Å². The number of carbonyl (C=O) groups is 1. The standard InChI is InChI=1S/C14H15FN2O2/c1-3-9(2)16-14(18)12-8-13(19-17-12)10-4-6-11(15)7-5-10/h4-9H,3H2,1-2H3,(H,16,18)/t9-/m0/s1. The van der Waals surface area contributed by atoms with Crippen molar-refractivity contribution in [3.63, 3.8) is 0 Å². The number of halogens is 1. The zero-order valence-electron chi connectivity index (χ0n) is 10.8. The molecule has 1 atom stereocenters. The molecule has 2 aromatic rings. The van der Waals surface area contributed by atoms with E-state index in [0.717, 1.165) is 6.42 Å². The lowest BCUT2D eigenvalue weighted by Gasteiger charge is -2.08. The average molecular weight is 262 g/mol. The second-order valence-electron chi connectivity index (χ2n) is 4.37. The van der Waals surface area contributed by atoms with Crippen LogP contribution in [-0.4, -0.2) is 17.1 Å². The average Bonchev–Trinajstić information content (AvgIpc) is 2.89. The molecule has 0 saturated heterocycles. The second-order valence-corrected chi connectivity index (χ2v) is 4.37. The molecule has 5 heteroatoms. The van der Waals surface area contributed by atoms with E-state index in [4.69, 9.17) is 4.52 Å². The first-order valence-corrected chi connectivity index (χ1v) is 6.13. The zero-order chi connectivity index (χ0) is 13.8. The first-order valence-electron chi connectivity index (χ1n) is 6.13. The van der Waals surface area contributed by atoms with Crippen molar-refractivity contribution in [1.29, 1.82) is 0 Å². The lowest BCUT2D eigenvalue weighted by molar-refractivity contribution is 0.0930. The monoisotopic (exact) mass is 262 g/mol. The molecule has 1 aromatic carbocycles. The van der Waals surface area contributed by atoms with Gasteiger partial charge in [0.15, 0.2) is 11.5 Å². The molecule has 0 radical (unpaired) electrons. The van der Waals surface area contributed by atoms with Crippen LogP contribution in [0.4, 0.5) is 4.39 Å². The first kappa shape index (κ1) is 13.3. The quantitative estimate of drug-likeness (QED) is 0.921. The maximum absolute atomic E-state index is 12.8. The third kappa shape index (κ3) is 3.19. The smallest absolute Gasteiger partial charge is 0.273 e. The molecule has 1 aromatic heterocycles. The highest BCUT2D eigenvalue weighted by Crippen LogP contribution is 2.20. The van der Waals surface area contributed by atoms with Gasteiger partial charge in [-0.1, -0.05) is 12.1 Å². The Morgan fingerprint density at radius 3 is 2.74 bits per heavy atom. The summed E-state index contributed by atoms with van der Waals surface area (Å²) >= 11 is 0. The van der Waals surface area contributed by atoms with E-state index in [1.54, 1.807) is 18.2 Å². The van der Waals surface area contributed by atoms with Gasteiger partial charge in [-0.3, -0.25) is 4.79 Å². The zero-order valence-corrected chi connectivity index (χ0v) is 10.8. The van der Waals surface area contributed by atoms with Gasteiger partial charge >= 0.3 is 0 Å². The minimum absolute atomic E-state index is 0.0819. The van der Waals surface area contributed by atoms with E-state index in [1.165, 1.54) is 12.1 Å². The maximum atomic E-state index is 12.8. The third-order valence-corrected chi connectivity index (χ3v) is 2.86. The van der Waals surface area contributed by atoms with Gasteiger partial charge < -0.3 is 9.84 Å². The Bertz CT molecular complexity index is 563. The van der Waals surface area contributed by atoms with E-state index in [1.807, 2.05) is 13.8 Å². The fraction of sp³-hybridized carbons (Fsp3) is 0.286. The Balaban J connectivity index is 2.15. The summed E-state index contributed by atoms with van der Waals surface area (Å²) in [4.78, 5) is 11.8. The largest absolute Gasteiger partial charge is 0.355 e. The number of hydrogen-bond donors (Lipinski definition) is 1. The van der Waals surface area contributed by atoms with Crippen molar-refractivity contribution in [2.45, 2.75) is 26.3 Å². The summed E-state index contributed by atoms with van der Waals surface area (Å²) in [5.74, 6) is -0.154. The van der Waals surface area contributed by atoms with Crippen molar-refractivity contribution in [2.75, 3.05) is 0 Å². The van der Waals surface area contributed by atoms with Crippen LogP contribution in [0.5, 0.6) is 0 Å². The highest BCUT2D eigenvalue weighted by Gasteiger charge is 2.15. The van der Waals surface area contributed by atoms with Crippen LogP contribution < -0.4 is 5.32 Å². The molecule has 0 fully saturated rings. The molecule has 1 N–H and O–H groups in total. The van der Waals surface area contributed by atoms with Gasteiger partial charge in [0, 0.05) is 17.7 Å². The summed E-state index contributed by atoms with van der Waals surface area (Å²) in [6.45, 7) is 3.90. The molecule has 0 saturated carbocycles. The highest BCUT2D eigenvalue weighted by molar-refractivity contribution is 5.93. The third-order valence-electron chi connectivity index (χ3n) is 2.86. The summed E-state index contributed by atoms with van der Waals surface area (Å²) in [5, 5.41) is 6.52. The van der Waals surface area contributed by atoms with Crippen LogP contribution in [0.25, 0.3) is 11.3 Å². The van der Waals surface area contributed by atoms with E-state index in [-0.39, 0.29) is 23.5 Å². The van der Waals surface area contributed by atoms with E-state index in [2.05, 4.69) is 10.5 Å². The molecule has 0 bridgehead atoms. The summed E-state index contributed by atoms with van der Waals surface area (Å²) < 4.78 is 17.9. The van der Waals surface area contributed by atoms with Crippen molar-refractivity contribution in [3.8, 4) is 11.3 Å². The van der Waals surface area contributed by atoms with Crippen LogP contribution in [0.15, 0.2) is 34.9 Å². The molecule has 0 aliphatic carbocycles. The number of aromatic nitrogens is 1. The van der Waals surface area contributed by atoms with Crippen molar-refractivity contribution in [3.05, 3.63) is 41.8 Å². The predicted octanol–water partition coefficient (Wildman–Crippen LogP) is 3.01. The van der Waals surface area contributed by atoms with Gasteiger partial charge in [0.05, 0.1) is 0 Å². The molecule has 0 spiro atoms. The van der Waals surface area contributed by atoms with Crippen molar-refractivity contribution in [2.24, 2.45) is 0 Å². The van der Waals surface area contributed by atoms with Crippen LogP contribution in [0.3, 0.4) is 0 Å². The molecule has 2 rings (SSSR count). The maximum Gasteiger partial charge on any atom is 0.273 e. The topological polar surface area (TPSA) is 55.1 Å². The predicted molar refractivity (Wildman–Crippen MR) is 69.1 cm³/mol. The number of carbonyl (C=O) groups excluding carboxylic acids is 1. The van der Waals surface area contributed by atoms with E-state index in [9.17, 15) is 9.18 Å². The van der Waals surface area contributed by atoms with Crippen LogP contribution in [0.1, 0.15) is 30.8 Å². The summed E-state index contributed by atoms with van der Waals surface area (Å²) in [6.07, 6.45) is 0.842. The van der Waals surface area contributed by atoms with Crippen LogP contribution in [-0.2, 0) is 0 Å². The highest BCUT2D eigenvalue weighted by atomic mass is 19.1. The molecule has 0 aliphatic rings. The van der Waals surface area contributed by atoms with Crippen molar-refractivity contribution in [1.82, 2.24) is 10.5 Å². The van der Waals surface area contributed by atoms with Gasteiger partial charge in [-0.25, -0.2) is 4.39 Å². The molecule has 0 aliphatic heterocycles. The lowest BCUT2D eigenvalue weighted by Crippen LogP contribution is -2.32. The van der Waals surface area contributed by atoms with Gasteiger partial charge in [-0.05, 0) is 37.6 Å². The van der Waals surface area contributed by atoms with Crippen LogP contribution in [0, 0.1) is 5.82 Å². The fourth-order valence-corrected chi connectivity index (χ4v) is 1.53. The first-order chi connectivity index (χ1) is 9.10. The minimum Gasteiger partial charge on any atom is -0.355 e. The van der Waals surface area contributed by atoms with E-state index in [0.29, 0.717) is 11.3 Å². The number of hydrogen-bond acceptors (Lipinski definition) is 3. The molecule has 4 nitrogen and oxygen atoms in total. The van der Waals surface area contributed by atoms with Gasteiger partial charge in [0.2, 0.25) is 0 Å². The minimum atomic E-state index is -0.321. The van der Waals surface area contributed by atoms with Crippen LogP contribution in [0.2, 0.25) is 0 Å². The molecule has 19 heavy (non-hydrogen) atoms. The molecule has 0 unspecified atom stereocenters. The lowest BCUT2D eigenvalue weighted by atomic mass is 10.1. The second kappa shape index (κ2) is 5.65. The summed E-state index contributed by atoms with van der Waals surface area (Å²) in [6, 6.07) is 7.44. The molecular formula is C14H15FN2O2. The SMILES string of the molecule is CC[C@H](C)NC(=O)c1cc(-c2ccc(F)cc2)on1. The van der Waals surface area contributed by atoms with Crippen LogP contribution >= 0.6 is 0 Å². The van der Waals surface area contributed by atoms with E-state index < -0.39 is 0 Å². The number of benzene rings is 1. The number of nitrogens with one attached hydrogen (secondary N) is 1. The van der Waals surface area contributed by atoms with Gasteiger partial charge in [0.25, 0.3) is 5.91 Å². The fourth-order valence-electron chi connectivity index (χ4n) is 1.53. The number of amides is 1. The Hall–Kier alpha value is -2.17. The Morgan fingerprint density at radius 2 is 2.11 bits per heavy atom. The normalized spacial score (nSPS) is 12.2. The van der Waals surface area contributed by atoms with E-state index >= 15 is 0 Å².